The molecule has 0 radical (unpaired) electrons. The topological polar surface area (TPSA) is 74.1 Å². The van der Waals surface area contributed by atoms with E-state index in [9.17, 15) is 8.42 Å². The lowest BCUT2D eigenvalue weighted by Gasteiger charge is -2.12. The molecule has 1 saturated carbocycles. The molecule has 1 saturated heterocycles. The Hall–Kier alpha value is -1.73. The Morgan fingerprint density at radius 1 is 1.12 bits per heavy atom. The maximum Gasteiger partial charge on any atom is 0.157 e. The molecule has 1 aromatic heterocycles. The van der Waals surface area contributed by atoms with Gasteiger partial charge in [0.15, 0.2) is 15.7 Å². The quantitative estimate of drug-likeness (QED) is 0.800. The van der Waals surface area contributed by atoms with Crippen LogP contribution in [0, 0.1) is 5.92 Å². The van der Waals surface area contributed by atoms with Crippen LogP contribution in [0.5, 0.6) is 0 Å². The summed E-state index contributed by atoms with van der Waals surface area (Å²) in [5.74, 6) is 1.99. The predicted octanol–water partition coefficient (Wildman–Crippen LogP) is 2.10. The van der Waals surface area contributed by atoms with Crippen molar-refractivity contribution in [1.29, 1.82) is 0 Å². The highest BCUT2D eigenvalue weighted by atomic mass is 32.2. The molecule has 6 nitrogen and oxygen atoms in total. The molecule has 2 aromatic rings. The van der Waals surface area contributed by atoms with E-state index in [1.54, 1.807) is 0 Å². The number of aromatic nitrogens is 3. The zero-order valence-corrected chi connectivity index (χ0v) is 14.3. The van der Waals surface area contributed by atoms with Crippen LogP contribution in [0.15, 0.2) is 30.3 Å². The molecular formula is C17H21N3O3S. The Kier molecular flexibility index (Phi) is 4.14. The van der Waals surface area contributed by atoms with Crippen molar-refractivity contribution < 1.29 is 13.2 Å². The summed E-state index contributed by atoms with van der Waals surface area (Å²) < 4.78 is 32.4. The first kappa shape index (κ1) is 15.8. The summed E-state index contributed by atoms with van der Waals surface area (Å²) in [5, 5.41) is 8.51. The fourth-order valence-corrected chi connectivity index (χ4v) is 4.90. The van der Waals surface area contributed by atoms with E-state index in [4.69, 9.17) is 4.74 Å². The van der Waals surface area contributed by atoms with Crippen LogP contribution in [0.4, 0.5) is 0 Å². The molecule has 0 N–H and O–H groups in total. The smallest absolute Gasteiger partial charge is 0.157 e. The van der Waals surface area contributed by atoms with E-state index < -0.39 is 9.84 Å². The van der Waals surface area contributed by atoms with Gasteiger partial charge in [-0.1, -0.05) is 18.2 Å². The normalized spacial score (nSPS) is 21.2. The van der Waals surface area contributed by atoms with Gasteiger partial charge in [0, 0.05) is 18.2 Å². The van der Waals surface area contributed by atoms with Crippen molar-refractivity contribution in [2.45, 2.75) is 30.9 Å². The highest BCUT2D eigenvalue weighted by Gasteiger charge is 2.32. The number of hydrogen-bond acceptors (Lipinski definition) is 5. The van der Waals surface area contributed by atoms with Gasteiger partial charge in [0.1, 0.15) is 11.6 Å². The number of rotatable bonds is 6. The molecule has 24 heavy (non-hydrogen) atoms. The minimum atomic E-state index is -3.24. The summed E-state index contributed by atoms with van der Waals surface area (Å²) in [4.78, 5) is 0. The van der Waals surface area contributed by atoms with Gasteiger partial charge in [0.2, 0.25) is 0 Å². The van der Waals surface area contributed by atoms with Crippen molar-refractivity contribution in [1.82, 2.24) is 14.8 Å². The Morgan fingerprint density at radius 3 is 2.58 bits per heavy atom. The Balaban J connectivity index is 1.63. The summed E-state index contributed by atoms with van der Waals surface area (Å²) in [5.41, 5.74) is 0.929. The summed E-state index contributed by atoms with van der Waals surface area (Å²) >= 11 is 0. The highest BCUT2D eigenvalue weighted by Crippen LogP contribution is 2.40. The fraction of sp³-hybridized carbons (Fsp3) is 0.529. The number of sulfone groups is 1. The fourth-order valence-electron chi connectivity index (χ4n) is 3.22. The third-order valence-electron chi connectivity index (χ3n) is 4.57. The SMILES string of the molecule is O=S(=O)(Cc1nnc(C2CC2)n1-c1ccccc1)CC1CCOC1. The van der Waals surface area contributed by atoms with Crippen molar-refractivity contribution in [2.24, 2.45) is 5.92 Å². The zero-order chi connectivity index (χ0) is 16.6. The Bertz CT molecular complexity index is 807. The van der Waals surface area contributed by atoms with Gasteiger partial charge < -0.3 is 4.74 Å². The second-order valence-electron chi connectivity index (χ2n) is 6.70. The summed E-state index contributed by atoms with van der Waals surface area (Å²) in [6, 6.07) is 9.77. The third kappa shape index (κ3) is 3.37. The van der Waals surface area contributed by atoms with Gasteiger partial charge in [-0.15, -0.1) is 10.2 Å². The lowest BCUT2D eigenvalue weighted by atomic mass is 10.2. The molecule has 2 heterocycles. The Labute approximate surface area is 141 Å². The van der Waals surface area contributed by atoms with E-state index in [-0.39, 0.29) is 17.4 Å². The van der Waals surface area contributed by atoms with Crippen molar-refractivity contribution in [3.63, 3.8) is 0 Å². The molecule has 2 fully saturated rings. The monoisotopic (exact) mass is 347 g/mol. The van der Waals surface area contributed by atoms with Crippen LogP contribution in [0.25, 0.3) is 5.69 Å². The van der Waals surface area contributed by atoms with Gasteiger partial charge in [-0.2, -0.15) is 0 Å². The maximum absolute atomic E-state index is 12.6. The molecular weight excluding hydrogens is 326 g/mol. The maximum atomic E-state index is 12.6. The van der Waals surface area contributed by atoms with Crippen LogP contribution in [-0.2, 0) is 20.3 Å². The molecule has 2 aliphatic rings. The molecule has 1 atom stereocenters. The highest BCUT2D eigenvalue weighted by molar-refractivity contribution is 7.90. The van der Waals surface area contributed by atoms with E-state index in [0.717, 1.165) is 30.8 Å². The molecule has 7 heteroatoms. The van der Waals surface area contributed by atoms with Gasteiger partial charge in [-0.05, 0) is 37.3 Å². The molecule has 0 spiro atoms. The number of para-hydroxylation sites is 1. The lowest BCUT2D eigenvalue weighted by Crippen LogP contribution is -2.20. The van der Waals surface area contributed by atoms with Gasteiger partial charge in [0.25, 0.3) is 0 Å². The first-order valence-corrected chi connectivity index (χ1v) is 10.2. The van der Waals surface area contributed by atoms with E-state index >= 15 is 0 Å². The van der Waals surface area contributed by atoms with Gasteiger partial charge in [-0.25, -0.2) is 8.42 Å². The van der Waals surface area contributed by atoms with Crippen LogP contribution in [0.3, 0.4) is 0 Å². The standard InChI is InChI=1S/C17H21N3O3S/c21-24(22,11-13-8-9-23-10-13)12-16-18-19-17(14-6-7-14)20(16)15-4-2-1-3-5-15/h1-5,13-14H,6-12H2. The van der Waals surface area contributed by atoms with Crippen LogP contribution in [0.1, 0.15) is 36.8 Å². The second kappa shape index (κ2) is 6.29. The number of ether oxygens (including phenoxy) is 1. The second-order valence-corrected chi connectivity index (χ2v) is 8.81. The van der Waals surface area contributed by atoms with Crippen molar-refractivity contribution >= 4 is 9.84 Å². The minimum absolute atomic E-state index is 0.0713. The van der Waals surface area contributed by atoms with Gasteiger partial charge in [-0.3, -0.25) is 4.57 Å². The van der Waals surface area contributed by atoms with Gasteiger partial charge >= 0.3 is 0 Å². The van der Waals surface area contributed by atoms with E-state index in [1.165, 1.54) is 0 Å². The van der Waals surface area contributed by atoms with Crippen molar-refractivity contribution in [2.75, 3.05) is 19.0 Å². The first-order chi connectivity index (χ1) is 11.6. The van der Waals surface area contributed by atoms with Crippen LogP contribution >= 0.6 is 0 Å². The third-order valence-corrected chi connectivity index (χ3v) is 6.25. The lowest BCUT2D eigenvalue weighted by molar-refractivity contribution is 0.188. The molecule has 0 bridgehead atoms. The van der Waals surface area contributed by atoms with Crippen LogP contribution < -0.4 is 0 Å². The molecule has 128 valence electrons. The van der Waals surface area contributed by atoms with E-state index in [2.05, 4.69) is 10.2 Å². The molecule has 4 rings (SSSR count). The number of hydrogen-bond donors (Lipinski definition) is 0. The first-order valence-electron chi connectivity index (χ1n) is 8.40. The number of benzene rings is 1. The van der Waals surface area contributed by atoms with E-state index in [1.807, 2.05) is 34.9 Å². The average molecular weight is 347 g/mol. The van der Waals surface area contributed by atoms with Gasteiger partial charge in [0.05, 0.1) is 12.4 Å². The molecule has 1 aliphatic carbocycles. The molecule has 1 aliphatic heterocycles. The summed E-state index contributed by atoms with van der Waals surface area (Å²) in [6.07, 6.45) is 3.01. The summed E-state index contributed by atoms with van der Waals surface area (Å²) in [6.45, 7) is 1.20. The largest absolute Gasteiger partial charge is 0.381 e. The predicted molar refractivity (Wildman–Crippen MR) is 89.8 cm³/mol. The van der Waals surface area contributed by atoms with E-state index in [0.29, 0.717) is 25.0 Å². The van der Waals surface area contributed by atoms with Crippen LogP contribution in [-0.4, -0.2) is 42.1 Å². The Morgan fingerprint density at radius 2 is 1.92 bits per heavy atom. The average Bonchev–Trinajstić information content (AvgIpc) is 3.14. The van der Waals surface area contributed by atoms with Crippen molar-refractivity contribution in [3.8, 4) is 5.69 Å². The summed E-state index contributed by atoms with van der Waals surface area (Å²) in [7, 11) is -3.24. The number of nitrogens with zero attached hydrogens (tertiary/aromatic N) is 3. The van der Waals surface area contributed by atoms with Crippen LogP contribution in [0.2, 0.25) is 0 Å². The van der Waals surface area contributed by atoms with Crippen molar-refractivity contribution in [3.05, 3.63) is 42.0 Å². The minimum Gasteiger partial charge on any atom is -0.381 e. The molecule has 0 amide bonds. The zero-order valence-electron chi connectivity index (χ0n) is 13.5. The molecule has 1 aromatic carbocycles. The molecule has 1 unspecified atom stereocenters.